The summed E-state index contributed by atoms with van der Waals surface area (Å²) >= 11 is 5.86. The van der Waals surface area contributed by atoms with Crippen LogP contribution in [0.1, 0.15) is 19.3 Å². The summed E-state index contributed by atoms with van der Waals surface area (Å²) in [6.45, 7) is 5.98. The molecule has 5 nitrogen and oxygen atoms in total. The highest BCUT2D eigenvalue weighted by Gasteiger charge is 2.28. The van der Waals surface area contributed by atoms with Crippen molar-refractivity contribution in [2.75, 3.05) is 45.9 Å². The topological polar surface area (TPSA) is 44.8 Å². The average Bonchev–Trinajstić information content (AvgIpc) is 2.64. The van der Waals surface area contributed by atoms with Crippen molar-refractivity contribution in [3.63, 3.8) is 0 Å². The lowest BCUT2D eigenvalue weighted by atomic mass is 10.0. The average molecular weight is 352 g/mol. The first-order chi connectivity index (χ1) is 11.7. The Hall–Kier alpha value is -1.30. The molecule has 1 amide bonds. The van der Waals surface area contributed by atoms with Gasteiger partial charge >= 0.3 is 0 Å². The third kappa shape index (κ3) is 4.85. The monoisotopic (exact) mass is 351 g/mol. The summed E-state index contributed by atoms with van der Waals surface area (Å²) < 4.78 is 5.74. The quantitative estimate of drug-likeness (QED) is 0.881. The molecule has 2 aliphatic heterocycles. The third-order valence-corrected chi connectivity index (χ3v) is 5.03. The first-order valence-electron chi connectivity index (χ1n) is 8.85. The number of nitrogens with one attached hydrogen (secondary N) is 1. The first-order valence-corrected chi connectivity index (χ1v) is 9.23. The number of ether oxygens (including phenoxy) is 1. The molecule has 6 heteroatoms. The zero-order valence-corrected chi connectivity index (χ0v) is 14.8. The molecule has 3 rings (SSSR count). The number of nitrogens with zero attached hydrogens (tertiary/aromatic N) is 2. The number of rotatable bonds is 5. The van der Waals surface area contributed by atoms with Crippen molar-refractivity contribution >= 4 is 17.5 Å². The van der Waals surface area contributed by atoms with Crippen molar-refractivity contribution in [2.45, 2.75) is 25.3 Å². The largest absolute Gasteiger partial charge is 0.492 e. The zero-order chi connectivity index (χ0) is 16.8. The van der Waals surface area contributed by atoms with Gasteiger partial charge in [-0.3, -0.25) is 9.69 Å². The van der Waals surface area contributed by atoms with Gasteiger partial charge in [0, 0.05) is 37.7 Å². The van der Waals surface area contributed by atoms with E-state index in [1.54, 1.807) is 0 Å². The van der Waals surface area contributed by atoms with E-state index in [1.807, 2.05) is 29.2 Å². The van der Waals surface area contributed by atoms with E-state index >= 15 is 0 Å². The van der Waals surface area contributed by atoms with Gasteiger partial charge in [0.2, 0.25) is 5.91 Å². The molecule has 1 aromatic carbocycles. The maximum atomic E-state index is 12.5. The van der Waals surface area contributed by atoms with Crippen molar-refractivity contribution in [3.8, 4) is 5.75 Å². The predicted molar refractivity (Wildman–Crippen MR) is 95.6 cm³/mol. The minimum Gasteiger partial charge on any atom is -0.492 e. The summed E-state index contributed by atoms with van der Waals surface area (Å²) in [4.78, 5) is 16.9. The summed E-state index contributed by atoms with van der Waals surface area (Å²) in [5.41, 5.74) is 0. The lowest BCUT2D eigenvalue weighted by molar-refractivity contribution is -0.135. The van der Waals surface area contributed by atoms with Crippen LogP contribution in [0.25, 0.3) is 0 Å². The minimum absolute atomic E-state index is 0.0403. The van der Waals surface area contributed by atoms with Gasteiger partial charge in [0.25, 0.3) is 0 Å². The molecule has 2 fully saturated rings. The maximum Gasteiger partial charge on any atom is 0.239 e. The molecule has 2 heterocycles. The minimum atomic E-state index is 0.0403. The third-order valence-electron chi connectivity index (χ3n) is 4.78. The second kappa shape index (κ2) is 8.70. The molecule has 2 saturated heterocycles. The molecule has 0 bridgehead atoms. The Morgan fingerprint density at radius 2 is 1.92 bits per heavy atom. The Bertz CT molecular complexity index is 524. The molecule has 2 aliphatic rings. The molecule has 0 saturated carbocycles. The number of hydrogen-bond donors (Lipinski definition) is 1. The molecule has 24 heavy (non-hydrogen) atoms. The lowest BCUT2D eigenvalue weighted by Crippen LogP contribution is -2.55. The Kier molecular flexibility index (Phi) is 6.35. The van der Waals surface area contributed by atoms with Crippen molar-refractivity contribution in [3.05, 3.63) is 29.3 Å². The van der Waals surface area contributed by atoms with Crippen molar-refractivity contribution in [2.24, 2.45) is 0 Å². The molecule has 0 spiro atoms. The normalized spacial score (nSPS) is 22.4. The van der Waals surface area contributed by atoms with Gasteiger partial charge in [-0.05, 0) is 43.7 Å². The second-order valence-corrected chi connectivity index (χ2v) is 6.91. The summed E-state index contributed by atoms with van der Waals surface area (Å²) in [5, 5.41) is 4.07. The van der Waals surface area contributed by atoms with E-state index in [0.717, 1.165) is 62.9 Å². The summed E-state index contributed by atoms with van der Waals surface area (Å²) in [6, 6.07) is 7.48. The van der Waals surface area contributed by atoms with E-state index in [9.17, 15) is 4.79 Å². The van der Waals surface area contributed by atoms with E-state index in [0.29, 0.717) is 6.61 Å². The molecule has 1 N–H and O–H groups in total. The van der Waals surface area contributed by atoms with E-state index in [1.165, 1.54) is 6.42 Å². The highest BCUT2D eigenvalue weighted by Crippen LogP contribution is 2.16. The van der Waals surface area contributed by atoms with E-state index in [4.69, 9.17) is 16.3 Å². The number of carbonyl (C=O) groups excluding carboxylic acids is 1. The van der Waals surface area contributed by atoms with Crippen molar-refractivity contribution < 1.29 is 9.53 Å². The number of halogens is 1. The van der Waals surface area contributed by atoms with Crippen molar-refractivity contribution in [1.29, 1.82) is 0 Å². The number of carbonyl (C=O) groups is 1. The number of piperidine rings is 1. The number of benzene rings is 1. The molecule has 0 aromatic heterocycles. The Morgan fingerprint density at radius 1 is 1.17 bits per heavy atom. The summed E-state index contributed by atoms with van der Waals surface area (Å²) in [5.74, 6) is 1.13. The van der Waals surface area contributed by atoms with Gasteiger partial charge < -0.3 is 15.0 Å². The van der Waals surface area contributed by atoms with Gasteiger partial charge in [-0.1, -0.05) is 18.0 Å². The van der Waals surface area contributed by atoms with Gasteiger partial charge in [-0.25, -0.2) is 0 Å². The smallest absolute Gasteiger partial charge is 0.239 e. The molecular formula is C18H26ClN3O2. The van der Waals surface area contributed by atoms with Crippen molar-refractivity contribution in [1.82, 2.24) is 15.1 Å². The zero-order valence-electron chi connectivity index (χ0n) is 14.0. The maximum absolute atomic E-state index is 12.5. The van der Waals surface area contributed by atoms with E-state index < -0.39 is 0 Å². The molecule has 0 aliphatic carbocycles. The van der Waals surface area contributed by atoms with Crippen LogP contribution in [0.15, 0.2) is 24.3 Å². The van der Waals surface area contributed by atoms with E-state index in [-0.39, 0.29) is 11.9 Å². The number of hydrogen-bond acceptors (Lipinski definition) is 4. The number of amides is 1. The van der Waals surface area contributed by atoms with Crippen LogP contribution >= 0.6 is 11.6 Å². The van der Waals surface area contributed by atoms with Crippen LogP contribution < -0.4 is 10.1 Å². The molecule has 1 unspecified atom stereocenters. The Balaban J connectivity index is 1.35. The summed E-state index contributed by atoms with van der Waals surface area (Å²) in [7, 11) is 0. The molecule has 0 radical (unpaired) electrons. The molecule has 132 valence electrons. The van der Waals surface area contributed by atoms with Crippen LogP contribution in [0.3, 0.4) is 0 Å². The van der Waals surface area contributed by atoms with E-state index in [2.05, 4.69) is 10.2 Å². The lowest BCUT2D eigenvalue weighted by Gasteiger charge is -2.37. The fourth-order valence-electron chi connectivity index (χ4n) is 3.30. The SMILES string of the molecule is O=C(C1CCCCN1)N1CCN(CCOc2ccc(Cl)cc2)CC1. The standard InChI is InChI=1S/C18H26ClN3O2/c19-15-4-6-16(7-5-15)24-14-13-21-9-11-22(12-10-21)18(23)17-3-1-2-8-20-17/h4-7,17,20H,1-3,8-14H2. The summed E-state index contributed by atoms with van der Waals surface area (Å²) in [6.07, 6.45) is 3.32. The van der Waals surface area contributed by atoms with Crippen LogP contribution in [0.5, 0.6) is 5.75 Å². The van der Waals surface area contributed by atoms with Crippen LogP contribution in [0.4, 0.5) is 0 Å². The van der Waals surface area contributed by atoms with Gasteiger partial charge in [0.15, 0.2) is 0 Å². The number of piperazine rings is 1. The Labute approximate surface area is 148 Å². The fraction of sp³-hybridized carbons (Fsp3) is 0.611. The highest BCUT2D eigenvalue weighted by molar-refractivity contribution is 6.30. The first kappa shape index (κ1) is 17.5. The molecule has 1 aromatic rings. The highest BCUT2D eigenvalue weighted by atomic mass is 35.5. The predicted octanol–water partition coefficient (Wildman–Crippen LogP) is 2.01. The van der Waals surface area contributed by atoms with Crippen LogP contribution in [-0.2, 0) is 4.79 Å². The van der Waals surface area contributed by atoms with Gasteiger partial charge in [0.05, 0.1) is 6.04 Å². The fourth-order valence-corrected chi connectivity index (χ4v) is 3.42. The Morgan fingerprint density at radius 3 is 2.58 bits per heavy atom. The van der Waals surface area contributed by atoms with Gasteiger partial charge in [0.1, 0.15) is 12.4 Å². The van der Waals surface area contributed by atoms with Crippen LogP contribution in [-0.4, -0.2) is 67.6 Å². The molecule has 1 atom stereocenters. The molecular weight excluding hydrogens is 326 g/mol. The van der Waals surface area contributed by atoms with Crippen LogP contribution in [0.2, 0.25) is 5.02 Å². The second-order valence-electron chi connectivity index (χ2n) is 6.47. The van der Waals surface area contributed by atoms with Crippen LogP contribution in [0, 0.1) is 0 Å². The van der Waals surface area contributed by atoms with Gasteiger partial charge in [-0.15, -0.1) is 0 Å². The van der Waals surface area contributed by atoms with Gasteiger partial charge in [-0.2, -0.15) is 0 Å².